The molecule has 18 heavy (non-hydrogen) atoms. The molecule has 0 amide bonds. The van der Waals surface area contributed by atoms with Crippen LogP contribution in [0, 0.1) is 10.1 Å². The summed E-state index contributed by atoms with van der Waals surface area (Å²) in [5.74, 6) is 1.22. The number of nitro groups is 1. The molecule has 0 aliphatic carbocycles. The van der Waals surface area contributed by atoms with Gasteiger partial charge >= 0.3 is 0 Å². The second-order valence-corrected chi connectivity index (χ2v) is 4.92. The third-order valence-electron chi connectivity index (χ3n) is 2.26. The number of hydrogen-bond acceptors (Lipinski definition) is 4. The van der Waals surface area contributed by atoms with Gasteiger partial charge in [0.2, 0.25) is 6.54 Å². The van der Waals surface area contributed by atoms with Gasteiger partial charge in [0.25, 0.3) is 0 Å². The standard InChI is InChI=1S/C12H16BrNO4/c1-8(2)18-12-6-9(4-5-14(15)16)10(13)7-11(12)17-3/h6-8H,4-5H2,1-3H3. The quantitative estimate of drug-likeness (QED) is 0.597. The monoisotopic (exact) mass is 317 g/mol. The summed E-state index contributed by atoms with van der Waals surface area (Å²) in [7, 11) is 1.56. The molecule has 0 N–H and O–H groups in total. The van der Waals surface area contributed by atoms with Gasteiger partial charge in [0.15, 0.2) is 11.5 Å². The molecule has 0 bridgehead atoms. The van der Waals surface area contributed by atoms with E-state index in [1.165, 1.54) is 0 Å². The second kappa shape index (κ2) is 6.58. The third kappa shape index (κ3) is 4.18. The molecule has 100 valence electrons. The number of hydrogen-bond donors (Lipinski definition) is 0. The van der Waals surface area contributed by atoms with E-state index in [2.05, 4.69) is 15.9 Å². The van der Waals surface area contributed by atoms with Crippen LogP contribution in [0.1, 0.15) is 19.4 Å². The molecule has 0 saturated carbocycles. The summed E-state index contributed by atoms with van der Waals surface area (Å²) < 4.78 is 11.6. The van der Waals surface area contributed by atoms with Crippen LogP contribution in [0.25, 0.3) is 0 Å². The largest absolute Gasteiger partial charge is 0.493 e. The zero-order chi connectivity index (χ0) is 13.7. The molecule has 6 heteroatoms. The molecular weight excluding hydrogens is 302 g/mol. The van der Waals surface area contributed by atoms with Gasteiger partial charge in [-0.3, -0.25) is 10.1 Å². The molecule has 0 fully saturated rings. The van der Waals surface area contributed by atoms with Gasteiger partial charge in [0.1, 0.15) is 0 Å². The van der Waals surface area contributed by atoms with Crippen LogP contribution < -0.4 is 9.47 Å². The van der Waals surface area contributed by atoms with E-state index in [9.17, 15) is 10.1 Å². The highest BCUT2D eigenvalue weighted by atomic mass is 79.9. The normalized spacial score (nSPS) is 10.5. The molecule has 0 unspecified atom stereocenters. The number of rotatable bonds is 6. The molecule has 0 atom stereocenters. The first-order valence-corrected chi connectivity index (χ1v) is 6.38. The maximum atomic E-state index is 10.4. The fourth-order valence-electron chi connectivity index (χ4n) is 1.49. The third-order valence-corrected chi connectivity index (χ3v) is 3.00. The average Bonchev–Trinajstić information content (AvgIpc) is 2.28. The molecule has 1 aromatic rings. The van der Waals surface area contributed by atoms with Crippen molar-refractivity contribution in [2.45, 2.75) is 26.4 Å². The fourth-order valence-corrected chi connectivity index (χ4v) is 2.01. The van der Waals surface area contributed by atoms with Crippen LogP contribution >= 0.6 is 15.9 Å². The van der Waals surface area contributed by atoms with E-state index in [0.29, 0.717) is 17.9 Å². The first kappa shape index (κ1) is 14.8. The summed E-state index contributed by atoms with van der Waals surface area (Å²) in [5, 5.41) is 10.4. The molecule has 1 rings (SSSR count). The maximum absolute atomic E-state index is 10.4. The summed E-state index contributed by atoms with van der Waals surface area (Å²) in [5.41, 5.74) is 0.836. The van der Waals surface area contributed by atoms with Crippen LogP contribution in [-0.4, -0.2) is 24.7 Å². The van der Waals surface area contributed by atoms with Crippen molar-refractivity contribution >= 4 is 15.9 Å². The van der Waals surface area contributed by atoms with Gasteiger partial charge in [-0.2, -0.15) is 0 Å². The predicted molar refractivity (Wildman–Crippen MR) is 72.0 cm³/mol. The minimum absolute atomic E-state index is 0.0171. The zero-order valence-corrected chi connectivity index (χ0v) is 12.2. The lowest BCUT2D eigenvalue weighted by Gasteiger charge is -2.15. The highest BCUT2D eigenvalue weighted by molar-refractivity contribution is 9.10. The number of halogens is 1. The van der Waals surface area contributed by atoms with Crippen LogP contribution in [-0.2, 0) is 6.42 Å². The summed E-state index contributed by atoms with van der Waals surface area (Å²) >= 11 is 3.38. The van der Waals surface area contributed by atoms with E-state index in [-0.39, 0.29) is 17.6 Å². The van der Waals surface area contributed by atoms with E-state index in [4.69, 9.17) is 9.47 Å². The van der Waals surface area contributed by atoms with Gasteiger partial charge in [0, 0.05) is 15.8 Å². The maximum Gasteiger partial charge on any atom is 0.207 e. The van der Waals surface area contributed by atoms with Gasteiger partial charge < -0.3 is 9.47 Å². The van der Waals surface area contributed by atoms with Crippen LogP contribution in [0.2, 0.25) is 0 Å². The molecule has 0 spiro atoms. The number of ether oxygens (including phenoxy) is 2. The van der Waals surface area contributed by atoms with Crippen LogP contribution in [0.4, 0.5) is 0 Å². The van der Waals surface area contributed by atoms with Crippen LogP contribution in [0.3, 0.4) is 0 Å². The van der Waals surface area contributed by atoms with Gasteiger partial charge in [-0.1, -0.05) is 15.9 Å². The van der Waals surface area contributed by atoms with Gasteiger partial charge in [-0.15, -0.1) is 0 Å². The van der Waals surface area contributed by atoms with E-state index >= 15 is 0 Å². The lowest BCUT2D eigenvalue weighted by molar-refractivity contribution is -0.479. The lowest BCUT2D eigenvalue weighted by atomic mass is 10.1. The Kier molecular flexibility index (Phi) is 5.40. The Hall–Kier alpha value is -1.30. The number of methoxy groups -OCH3 is 1. The van der Waals surface area contributed by atoms with Crippen molar-refractivity contribution in [1.29, 1.82) is 0 Å². The van der Waals surface area contributed by atoms with Crippen molar-refractivity contribution in [3.05, 3.63) is 32.3 Å². The Bertz CT molecular complexity index is 434. The number of benzene rings is 1. The highest BCUT2D eigenvalue weighted by Crippen LogP contribution is 2.34. The van der Waals surface area contributed by atoms with Crippen molar-refractivity contribution in [1.82, 2.24) is 0 Å². The molecule has 0 aliphatic heterocycles. The van der Waals surface area contributed by atoms with E-state index in [1.54, 1.807) is 19.2 Å². The second-order valence-electron chi connectivity index (χ2n) is 4.07. The van der Waals surface area contributed by atoms with Gasteiger partial charge in [0.05, 0.1) is 13.2 Å². The Morgan fingerprint density at radius 1 is 1.39 bits per heavy atom. The Morgan fingerprint density at radius 3 is 2.56 bits per heavy atom. The van der Waals surface area contributed by atoms with Crippen LogP contribution in [0.5, 0.6) is 11.5 Å². The molecule has 5 nitrogen and oxygen atoms in total. The lowest BCUT2D eigenvalue weighted by Crippen LogP contribution is -2.09. The van der Waals surface area contributed by atoms with Gasteiger partial charge in [-0.05, 0) is 31.5 Å². The van der Waals surface area contributed by atoms with Crippen molar-refractivity contribution in [3.8, 4) is 11.5 Å². The van der Waals surface area contributed by atoms with Gasteiger partial charge in [-0.25, -0.2) is 0 Å². The highest BCUT2D eigenvalue weighted by Gasteiger charge is 2.13. The molecule has 0 aliphatic rings. The minimum Gasteiger partial charge on any atom is -0.493 e. The smallest absolute Gasteiger partial charge is 0.207 e. The van der Waals surface area contributed by atoms with Crippen molar-refractivity contribution in [2.24, 2.45) is 0 Å². The fraction of sp³-hybridized carbons (Fsp3) is 0.500. The van der Waals surface area contributed by atoms with Crippen molar-refractivity contribution < 1.29 is 14.4 Å². The first-order valence-electron chi connectivity index (χ1n) is 5.59. The molecule has 0 heterocycles. The average molecular weight is 318 g/mol. The Labute approximate surface area is 114 Å². The van der Waals surface area contributed by atoms with Crippen molar-refractivity contribution in [2.75, 3.05) is 13.7 Å². The van der Waals surface area contributed by atoms with E-state index in [0.717, 1.165) is 10.0 Å². The summed E-state index contributed by atoms with van der Waals surface area (Å²) in [4.78, 5) is 10.1. The minimum atomic E-state index is -0.334. The predicted octanol–water partition coefficient (Wildman–Crippen LogP) is 3.06. The molecule has 0 radical (unpaired) electrons. The van der Waals surface area contributed by atoms with E-state index in [1.807, 2.05) is 13.8 Å². The molecular formula is C12H16BrNO4. The zero-order valence-electron chi connectivity index (χ0n) is 10.6. The SMILES string of the molecule is COc1cc(Br)c(CC[N+](=O)[O-])cc1OC(C)C. The van der Waals surface area contributed by atoms with Crippen LogP contribution in [0.15, 0.2) is 16.6 Å². The summed E-state index contributed by atoms with van der Waals surface area (Å²) in [6.45, 7) is 3.72. The summed E-state index contributed by atoms with van der Waals surface area (Å²) in [6, 6.07) is 3.55. The number of nitrogens with zero attached hydrogens (tertiary/aromatic N) is 1. The first-order chi connectivity index (χ1) is 8.43. The van der Waals surface area contributed by atoms with E-state index < -0.39 is 0 Å². The molecule has 1 aromatic carbocycles. The Balaban J connectivity index is 3.00. The molecule has 0 saturated heterocycles. The topological polar surface area (TPSA) is 61.6 Å². The Morgan fingerprint density at radius 2 is 2.06 bits per heavy atom. The van der Waals surface area contributed by atoms with Crippen molar-refractivity contribution in [3.63, 3.8) is 0 Å². The molecule has 0 aromatic heterocycles. The summed E-state index contributed by atoms with van der Waals surface area (Å²) in [6.07, 6.45) is 0.370.